The van der Waals surface area contributed by atoms with Crippen LogP contribution >= 0.6 is 0 Å². The summed E-state index contributed by atoms with van der Waals surface area (Å²) in [4.78, 5) is 53.9. The van der Waals surface area contributed by atoms with E-state index in [1.165, 1.54) is 0 Å². The number of hydrogen-bond donors (Lipinski definition) is 0. The highest BCUT2D eigenvalue weighted by Gasteiger charge is 2.34. The molecule has 3 amide bonds. The summed E-state index contributed by atoms with van der Waals surface area (Å²) in [6.07, 6.45) is 4.49. The molecule has 0 saturated carbocycles. The second-order valence-electron chi connectivity index (χ2n) is 7.41. The fraction of sp³-hybridized carbons (Fsp3) is 0.250. The lowest BCUT2D eigenvalue weighted by Gasteiger charge is -2.21. The van der Waals surface area contributed by atoms with Gasteiger partial charge in [0.05, 0.1) is 6.54 Å². The Morgan fingerprint density at radius 2 is 1.56 bits per heavy atom. The van der Waals surface area contributed by atoms with E-state index in [0.717, 1.165) is 27.2 Å². The largest absolute Gasteiger partial charge is 0.448 e. The van der Waals surface area contributed by atoms with Crippen molar-refractivity contribution < 1.29 is 28.8 Å². The van der Waals surface area contributed by atoms with Gasteiger partial charge in [0, 0.05) is 18.8 Å². The van der Waals surface area contributed by atoms with Gasteiger partial charge in [-0.1, -0.05) is 54.5 Å². The van der Waals surface area contributed by atoms with E-state index in [-0.39, 0.29) is 31.9 Å². The van der Waals surface area contributed by atoms with Crippen molar-refractivity contribution in [2.24, 2.45) is 0 Å². The number of nitrogens with zero attached hydrogens (tertiary/aromatic N) is 2. The molecule has 32 heavy (non-hydrogen) atoms. The third-order valence-corrected chi connectivity index (χ3v) is 5.40. The first kappa shape index (κ1) is 21.1. The van der Waals surface area contributed by atoms with Gasteiger partial charge < -0.3 is 9.57 Å². The minimum absolute atomic E-state index is 0.0213. The van der Waals surface area contributed by atoms with Gasteiger partial charge in [0.25, 0.3) is 11.8 Å². The van der Waals surface area contributed by atoms with E-state index in [0.29, 0.717) is 5.06 Å². The number of ether oxygens (including phenoxy) is 1. The Labute approximate surface area is 184 Å². The molecule has 8 nitrogen and oxygen atoms in total. The Kier molecular flexibility index (Phi) is 5.90. The normalized spacial score (nSPS) is 14.5. The van der Waals surface area contributed by atoms with E-state index in [4.69, 9.17) is 16.0 Å². The van der Waals surface area contributed by atoms with E-state index in [2.05, 4.69) is 5.92 Å². The average Bonchev–Trinajstić information content (AvgIpc) is 3.29. The molecular weight excluding hydrogens is 412 g/mol. The van der Waals surface area contributed by atoms with Gasteiger partial charge in [-0.3, -0.25) is 14.5 Å². The van der Waals surface area contributed by atoms with Crippen molar-refractivity contribution in [3.8, 4) is 23.5 Å². The van der Waals surface area contributed by atoms with Crippen LogP contribution in [0.1, 0.15) is 29.9 Å². The number of rotatable bonds is 6. The van der Waals surface area contributed by atoms with E-state index in [1.54, 1.807) is 0 Å². The van der Waals surface area contributed by atoms with Gasteiger partial charge in [0.1, 0.15) is 13.2 Å². The van der Waals surface area contributed by atoms with Gasteiger partial charge in [-0.25, -0.2) is 9.59 Å². The molecule has 2 aromatic carbocycles. The standard InChI is InChI=1S/C24H20N2O6/c1-2-13-25(14-23(29)32-26-21(27)11-12-22(26)28)24(30)31-15-20-18-9-5-3-7-16(18)17-8-4-6-10-19(17)20/h1,3-10,20H,11-15H2. The number of imide groups is 1. The summed E-state index contributed by atoms with van der Waals surface area (Å²) in [5.41, 5.74) is 4.28. The number of hydrogen-bond acceptors (Lipinski definition) is 6. The first-order valence-corrected chi connectivity index (χ1v) is 10.1. The minimum Gasteiger partial charge on any atom is -0.448 e. The van der Waals surface area contributed by atoms with Crippen LogP contribution in [-0.4, -0.2) is 53.5 Å². The molecule has 4 rings (SSSR count). The maximum Gasteiger partial charge on any atom is 0.411 e. The molecule has 0 aromatic heterocycles. The van der Waals surface area contributed by atoms with Crippen LogP contribution in [-0.2, 0) is 24.0 Å². The molecule has 1 aliphatic heterocycles. The van der Waals surface area contributed by atoms with E-state index in [9.17, 15) is 19.2 Å². The Hall–Kier alpha value is -4.12. The van der Waals surface area contributed by atoms with Crippen LogP contribution in [0.4, 0.5) is 4.79 Å². The maximum absolute atomic E-state index is 12.7. The zero-order chi connectivity index (χ0) is 22.7. The maximum atomic E-state index is 12.7. The summed E-state index contributed by atoms with van der Waals surface area (Å²) in [6, 6.07) is 15.8. The third-order valence-electron chi connectivity index (χ3n) is 5.40. The predicted octanol–water partition coefficient (Wildman–Crippen LogP) is 2.48. The molecule has 0 atom stereocenters. The highest BCUT2D eigenvalue weighted by Crippen LogP contribution is 2.44. The first-order valence-electron chi connectivity index (χ1n) is 10.1. The van der Waals surface area contributed by atoms with E-state index in [1.807, 2.05) is 48.5 Å². The number of terminal acetylenes is 1. The lowest BCUT2D eigenvalue weighted by atomic mass is 9.98. The van der Waals surface area contributed by atoms with Crippen molar-refractivity contribution in [1.82, 2.24) is 9.96 Å². The highest BCUT2D eigenvalue weighted by molar-refractivity contribution is 6.01. The van der Waals surface area contributed by atoms with Crippen LogP contribution in [0.2, 0.25) is 0 Å². The fourth-order valence-electron chi connectivity index (χ4n) is 3.92. The molecule has 0 unspecified atom stereocenters. The summed E-state index contributed by atoms with van der Waals surface area (Å²) in [7, 11) is 0. The molecule has 1 aliphatic carbocycles. The fourth-order valence-corrected chi connectivity index (χ4v) is 3.92. The number of hydroxylamine groups is 2. The summed E-state index contributed by atoms with van der Waals surface area (Å²) < 4.78 is 5.50. The monoisotopic (exact) mass is 432 g/mol. The molecule has 2 aromatic rings. The van der Waals surface area contributed by atoms with Crippen LogP contribution < -0.4 is 0 Å². The van der Waals surface area contributed by atoms with Gasteiger partial charge in [-0.05, 0) is 22.3 Å². The number of fused-ring (bicyclic) bond motifs is 3. The quantitative estimate of drug-likeness (QED) is 0.514. The number of carbonyl (C=O) groups excluding carboxylic acids is 4. The third kappa shape index (κ3) is 4.05. The van der Waals surface area contributed by atoms with E-state index >= 15 is 0 Å². The molecule has 2 aliphatic rings. The molecule has 1 heterocycles. The lowest BCUT2D eigenvalue weighted by molar-refractivity contribution is -0.197. The summed E-state index contributed by atoms with van der Waals surface area (Å²) in [5, 5.41) is 0.425. The second-order valence-corrected chi connectivity index (χ2v) is 7.41. The van der Waals surface area contributed by atoms with Crippen LogP contribution in [0.15, 0.2) is 48.5 Å². The zero-order valence-electron chi connectivity index (χ0n) is 17.2. The Balaban J connectivity index is 1.42. The second kappa shape index (κ2) is 8.94. The minimum atomic E-state index is -0.961. The molecular formula is C24H20N2O6. The number of benzene rings is 2. The van der Waals surface area contributed by atoms with Gasteiger partial charge in [-0.15, -0.1) is 11.5 Å². The molecule has 0 radical (unpaired) electrons. The molecule has 162 valence electrons. The number of carbonyl (C=O) groups is 4. The van der Waals surface area contributed by atoms with E-state index < -0.39 is 30.4 Å². The summed E-state index contributed by atoms with van der Waals surface area (Å²) >= 11 is 0. The summed E-state index contributed by atoms with van der Waals surface area (Å²) in [6.45, 7) is -0.697. The smallest absolute Gasteiger partial charge is 0.411 e. The van der Waals surface area contributed by atoms with Gasteiger partial charge in [-0.2, -0.15) is 0 Å². The predicted molar refractivity (Wildman–Crippen MR) is 113 cm³/mol. The van der Waals surface area contributed by atoms with Crippen molar-refractivity contribution in [1.29, 1.82) is 0 Å². The lowest BCUT2D eigenvalue weighted by Crippen LogP contribution is -2.41. The Bertz CT molecular complexity index is 1070. The van der Waals surface area contributed by atoms with Crippen molar-refractivity contribution in [2.45, 2.75) is 18.8 Å². The molecule has 8 heteroatoms. The van der Waals surface area contributed by atoms with Gasteiger partial charge >= 0.3 is 12.1 Å². The summed E-state index contributed by atoms with van der Waals surface area (Å²) in [5.74, 6) is -0.0212. The van der Waals surface area contributed by atoms with Crippen molar-refractivity contribution in [2.75, 3.05) is 19.7 Å². The topological polar surface area (TPSA) is 93.2 Å². The molecule has 1 fully saturated rings. The van der Waals surface area contributed by atoms with Crippen molar-refractivity contribution in [3.63, 3.8) is 0 Å². The highest BCUT2D eigenvalue weighted by atomic mass is 16.7. The Morgan fingerprint density at radius 3 is 2.12 bits per heavy atom. The Morgan fingerprint density at radius 1 is 1.00 bits per heavy atom. The average molecular weight is 432 g/mol. The van der Waals surface area contributed by atoms with Crippen molar-refractivity contribution in [3.05, 3.63) is 59.7 Å². The van der Waals surface area contributed by atoms with Gasteiger partial charge in [0.15, 0.2) is 0 Å². The molecule has 0 spiro atoms. The van der Waals surface area contributed by atoms with Crippen LogP contribution in [0.3, 0.4) is 0 Å². The van der Waals surface area contributed by atoms with Crippen molar-refractivity contribution >= 4 is 23.9 Å². The SMILES string of the molecule is C#CCN(CC(=O)ON1C(=O)CCC1=O)C(=O)OCC1c2ccccc2-c2ccccc21. The van der Waals surface area contributed by atoms with Crippen LogP contribution in [0.25, 0.3) is 11.1 Å². The molecule has 0 N–H and O–H groups in total. The molecule has 1 saturated heterocycles. The van der Waals surface area contributed by atoms with Crippen LogP contribution in [0, 0.1) is 12.3 Å². The molecule has 0 bridgehead atoms. The van der Waals surface area contributed by atoms with Crippen LogP contribution in [0.5, 0.6) is 0 Å². The van der Waals surface area contributed by atoms with Gasteiger partial charge in [0.2, 0.25) is 0 Å². The number of amides is 3. The zero-order valence-corrected chi connectivity index (χ0v) is 17.2. The first-order chi connectivity index (χ1) is 15.5.